The van der Waals surface area contributed by atoms with E-state index in [2.05, 4.69) is 20.9 Å². The summed E-state index contributed by atoms with van der Waals surface area (Å²) < 4.78 is 23.9. The number of aromatic nitrogens is 1. The van der Waals surface area contributed by atoms with Gasteiger partial charge in [-0.3, -0.25) is 0 Å². The molecule has 0 saturated carbocycles. The van der Waals surface area contributed by atoms with Crippen molar-refractivity contribution >= 4 is 31.6 Å². The SMILES string of the molecule is Cc1ccnc(N(C)C2CCS(=O)(=O)C2)c1Br. The third kappa shape index (κ3) is 2.63. The Hall–Kier alpha value is -0.620. The Balaban J connectivity index is 2.26. The topological polar surface area (TPSA) is 50.3 Å². The molecule has 0 amide bonds. The predicted octanol–water partition coefficient (Wildman–Crippen LogP) is 1.78. The van der Waals surface area contributed by atoms with E-state index in [9.17, 15) is 8.42 Å². The number of rotatable bonds is 2. The highest BCUT2D eigenvalue weighted by molar-refractivity contribution is 9.10. The van der Waals surface area contributed by atoms with Crippen molar-refractivity contribution in [3.63, 3.8) is 0 Å². The Morgan fingerprint density at radius 3 is 2.82 bits per heavy atom. The normalized spacial score (nSPS) is 22.6. The van der Waals surface area contributed by atoms with Gasteiger partial charge in [-0.25, -0.2) is 13.4 Å². The number of halogens is 1. The molecule has 0 aliphatic carbocycles. The fourth-order valence-corrected chi connectivity index (χ4v) is 4.31. The van der Waals surface area contributed by atoms with E-state index in [4.69, 9.17) is 0 Å². The van der Waals surface area contributed by atoms with Crippen LogP contribution < -0.4 is 4.90 Å². The first-order valence-electron chi connectivity index (χ1n) is 5.45. The van der Waals surface area contributed by atoms with Gasteiger partial charge < -0.3 is 4.90 Å². The maximum Gasteiger partial charge on any atom is 0.152 e. The van der Waals surface area contributed by atoms with Gasteiger partial charge in [-0.2, -0.15) is 0 Å². The van der Waals surface area contributed by atoms with E-state index in [1.807, 2.05) is 24.9 Å². The zero-order chi connectivity index (χ0) is 12.6. The first-order chi connectivity index (χ1) is 7.91. The van der Waals surface area contributed by atoms with Crippen LogP contribution in [0.5, 0.6) is 0 Å². The van der Waals surface area contributed by atoms with Crippen LogP contribution in [0.3, 0.4) is 0 Å². The molecule has 1 saturated heterocycles. The van der Waals surface area contributed by atoms with Gasteiger partial charge in [0, 0.05) is 19.3 Å². The van der Waals surface area contributed by atoms with E-state index in [1.165, 1.54) is 0 Å². The van der Waals surface area contributed by atoms with Crippen molar-refractivity contribution in [2.24, 2.45) is 0 Å². The van der Waals surface area contributed by atoms with Crippen molar-refractivity contribution in [2.75, 3.05) is 23.5 Å². The molecule has 1 aromatic heterocycles. The predicted molar refractivity (Wildman–Crippen MR) is 72.1 cm³/mol. The van der Waals surface area contributed by atoms with Gasteiger partial charge in [-0.05, 0) is 40.9 Å². The van der Waals surface area contributed by atoms with E-state index in [0.717, 1.165) is 15.9 Å². The second-order valence-corrected chi connectivity index (χ2v) is 7.45. The summed E-state index contributed by atoms with van der Waals surface area (Å²) in [5.41, 5.74) is 1.10. The van der Waals surface area contributed by atoms with Crippen molar-refractivity contribution in [2.45, 2.75) is 19.4 Å². The average molecular weight is 319 g/mol. The van der Waals surface area contributed by atoms with Crippen LogP contribution in [-0.4, -0.2) is 38.0 Å². The number of pyridine rings is 1. The highest BCUT2D eigenvalue weighted by Crippen LogP contribution is 2.29. The summed E-state index contributed by atoms with van der Waals surface area (Å²) >= 11 is 3.50. The molecule has 1 fully saturated rings. The van der Waals surface area contributed by atoms with Gasteiger partial charge in [-0.1, -0.05) is 0 Å². The smallest absolute Gasteiger partial charge is 0.152 e. The molecule has 4 nitrogen and oxygen atoms in total. The average Bonchev–Trinajstić information content (AvgIpc) is 2.62. The van der Waals surface area contributed by atoms with Crippen LogP contribution in [0.2, 0.25) is 0 Å². The van der Waals surface area contributed by atoms with Gasteiger partial charge >= 0.3 is 0 Å². The molecule has 17 heavy (non-hydrogen) atoms. The summed E-state index contributed by atoms with van der Waals surface area (Å²) in [4.78, 5) is 6.28. The van der Waals surface area contributed by atoms with Gasteiger partial charge in [0.2, 0.25) is 0 Å². The molecule has 0 radical (unpaired) electrons. The number of hydrogen-bond donors (Lipinski definition) is 0. The van der Waals surface area contributed by atoms with Crippen molar-refractivity contribution in [3.8, 4) is 0 Å². The zero-order valence-electron chi connectivity index (χ0n) is 9.85. The molecule has 94 valence electrons. The fraction of sp³-hybridized carbons (Fsp3) is 0.545. The molecule has 2 heterocycles. The Bertz CT molecular complexity index is 530. The zero-order valence-corrected chi connectivity index (χ0v) is 12.3. The summed E-state index contributed by atoms with van der Waals surface area (Å²) in [6, 6.07) is 1.96. The van der Waals surface area contributed by atoms with E-state index in [0.29, 0.717) is 6.42 Å². The molecule has 1 atom stereocenters. The van der Waals surface area contributed by atoms with Gasteiger partial charge in [0.1, 0.15) is 5.82 Å². The summed E-state index contributed by atoms with van der Waals surface area (Å²) in [5, 5.41) is 0. The maximum atomic E-state index is 11.5. The number of aryl methyl sites for hydroxylation is 1. The van der Waals surface area contributed by atoms with Gasteiger partial charge in [0.25, 0.3) is 0 Å². The summed E-state index contributed by atoms with van der Waals surface area (Å²) in [5.74, 6) is 1.32. The lowest BCUT2D eigenvalue weighted by Crippen LogP contribution is -2.33. The minimum absolute atomic E-state index is 0.0330. The van der Waals surface area contributed by atoms with Crippen molar-refractivity contribution in [1.29, 1.82) is 0 Å². The Kier molecular flexibility index (Phi) is 3.45. The van der Waals surface area contributed by atoms with Crippen molar-refractivity contribution in [3.05, 3.63) is 22.3 Å². The van der Waals surface area contributed by atoms with E-state index < -0.39 is 9.84 Å². The molecule has 0 spiro atoms. The lowest BCUT2D eigenvalue weighted by Gasteiger charge is -2.25. The Labute approximate surface area is 110 Å². The molecular formula is C11H15BrN2O2S. The van der Waals surface area contributed by atoms with Crippen LogP contribution in [0.25, 0.3) is 0 Å². The van der Waals surface area contributed by atoms with E-state index in [1.54, 1.807) is 6.20 Å². The van der Waals surface area contributed by atoms with Crippen molar-refractivity contribution < 1.29 is 8.42 Å². The van der Waals surface area contributed by atoms with Crippen LogP contribution in [0, 0.1) is 6.92 Å². The molecule has 1 aliphatic rings. The molecule has 1 aromatic rings. The third-order valence-electron chi connectivity index (χ3n) is 3.15. The second kappa shape index (κ2) is 4.57. The van der Waals surface area contributed by atoms with E-state index in [-0.39, 0.29) is 17.5 Å². The van der Waals surface area contributed by atoms with Crippen LogP contribution >= 0.6 is 15.9 Å². The number of nitrogens with zero attached hydrogens (tertiary/aromatic N) is 2. The molecule has 0 bridgehead atoms. The van der Waals surface area contributed by atoms with Crippen molar-refractivity contribution in [1.82, 2.24) is 4.98 Å². The molecule has 0 N–H and O–H groups in total. The first-order valence-corrected chi connectivity index (χ1v) is 8.06. The lowest BCUT2D eigenvalue weighted by atomic mass is 10.2. The summed E-state index contributed by atoms with van der Waals surface area (Å²) in [7, 11) is -0.955. The molecule has 6 heteroatoms. The number of sulfone groups is 1. The summed E-state index contributed by atoms with van der Waals surface area (Å²) in [6.07, 6.45) is 2.43. The molecule has 1 aliphatic heterocycles. The molecule has 1 unspecified atom stereocenters. The Morgan fingerprint density at radius 1 is 1.53 bits per heavy atom. The second-order valence-electron chi connectivity index (χ2n) is 4.43. The third-order valence-corrected chi connectivity index (χ3v) is 5.88. The van der Waals surface area contributed by atoms with Crippen LogP contribution in [0.1, 0.15) is 12.0 Å². The highest BCUT2D eigenvalue weighted by Gasteiger charge is 2.31. The highest BCUT2D eigenvalue weighted by atomic mass is 79.9. The standard InChI is InChI=1S/C11H15BrN2O2S/c1-8-3-5-13-11(10(8)12)14(2)9-4-6-17(15,16)7-9/h3,5,9H,4,6-7H2,1-2H3. The fourth-order valence-electron chi connectivity index (χ4n) is 2.03. The molecular weight excluding hydrogens is 304 g/mol. The minimum atomic E-state index is -2.86. The van der Waals surface area contributed by atoms with Crippen LogP contribution in [0.4, 0.5) is 5.82 Å². The van der Waals surface area contributed by atoms with Crippen LogP contribution in [-0.2, 0) is 9.84 Å². The Morgan fingerprint density at radius 2 is 2.24 bits per heavy atom. The minimum Gasteiger partial charge on any atom is -0.355 e. The number of hydrogen-bond acceptors (Lipinski definition) is 4. The summed E-state index contributed by atoms with van der Waals surface area (Å²) in [6.45, 7) is 1.99. The van der Waals surface area contributed by atoms with Gasteiger partial charge in [-0.15, -0.1) is 0 Å². The first kappa shape index (κ1) is 12.8. The van der Waals surface area contributed by atoms with E-state index >= 15 is 0 Å². The lowest BCUT2D eigenvalue weighted by molar-refractivity contribution is 0.600. The molecule has 0 aromatic carbocycles. The van der Waals surface area contributed by atoms with Gasteiger partial charge in [0.15, 0.2) is 9.84 Å². The quantitative estimate of drug-likeness (QED) is 0.834. The van der Waals surface area contributed by atoms with Gasteiger partial charge in [0.05, 0.1) is 16.0 Å². The number of anilines is 1. The maximum absolute atomic E-state index is 11.5. The monoisotopic (exact) mass is 318 g/mol. The largest absolute Gasteiger partial charge is 0.355 e. The van der Waals surface area contributed by atoms with Crippen LogP contribution in [0.15, 0.2) is 16.7 Å². The molecule has 2 rings (SSSR count).